The normalized spacial score (nSPS) is 24.7. The van der Waals surface area contributed by atoms with Crippen molar-refractivity contribution in [1.29, 1.82) is 0 Å². The van der Waals surface area contributed by atoms with Crippen LogP contribution in [0.25, 0.3) is 0 Å². The van der Waals surface area contributed by atoms with Gasteiger partial charge >= 0.3 is 0 Å². The van der Waals surface area contributed by atoms with E-state index in [-0.39, 0.29) is 18.0 Å². The van der Waals surface area contributed by atoms with E-state index in [1.54, 1.807) is 4.68 Å². The van der Waals surface area contributed by atoms with Crippen LogP contribution in [0.15, 0.2) is 6.20 Å². The van der Waals surface area contributed by atoms with E-state index >= 15 is 0 Å². The predicted molar refractivity (Wildman–Crippen MR) is 53.8 cm³/mol. The maximum Gasteiger partial charge on any atom is 0.217 e. The van der Waals surface area contributed by atoms with E-state index in [1.807, 2.05) is 6.20 Å². The summed E-state index contributed by atoms with van der Waals surface area (Å²) >= 11 is 0. The third kappa shape index (κ3) is 2.15. The first-order valence-electron chi connectivity index (χ1n) is 5.07. The molecule has 0 bridgehead atoms. The van der Waals surface area contributed by atoms with Crippen LogP contribution >= 0.6 is 0 Å². The van der Waals surface area contributed by atoms with E-state index in [0.29, 0.717) is 6.54 Å². The highest BCUT2D eigenvalue weighted by atomic mass is 16.1. The number of hydrogen-bond acceptors (Lipinski definition) is 4. The van der Waals surface area contributed by atoms with Gasteiger partial charge in [-0.2, -0.15) is 0 Å². The zero-order valence-electron chi connectivity index (χ0n) is 8.68. The average molecular weight is 209 g/mol. The van der Waals surface area contributed by atoms with Gasteiger partial charge < -0.3 is 11.1 Å². The molecule has 0 radical (unpaired) electrons. The molecule has 1 amide bonds. The second-order valence-electron chi connectivity index (χ2n) is 3.91. The molecule has 1 aliphatic rings. The van der Waals surface area contributed by atoms with Gasteiger partial charge in [-0.3, -0.25) is 4.79 Å². The lowest BCUT2D eigenvalue weighted by molar-refractivity contribution is -0.119. The van der Waals surface area contributed by atoms with Crippen molar-refractivity contribution in [3.05, 3.63) is 11.9 Å². The molecule has 1 fully saturated rings. The largest absolute Gasteiger partial charge is 0.351 e. The van der Waals surface area contributed by atoms with Crippen molar-refractivity contribution in [2.45, 2.75) is 38.4 Å². The van der Waals surface area contributed by atoms with Crippen LogP contribution in [0.1, 0.15) is 31.5 Å². The summed E-state index contributed by atoms with van der Waals surface area (Å²) in [5.41, 5.74) is 6.60. The Kier molecular flexibility index (Phi) is 2.68. The molecule has 1 aromatic heterocycles. The van der Waals surface area contributed by atoms with Crippen LogP contribution in [0.2, 0.25) is 0 Å². The summed E-state index contributed by atoms with van der Waals surface area (Å²) in [6.07, 6.45) is 3.95. The SMILES string of the molecule is CC(=O)NCc1cn(C2CCC2N)nn1. The van der Waals surface area contributed by atoms with Gasteiger partial charge in [-0.1, -0.05) is 5.21 Å². The van der Waals surface area contributed by atoms with Crippen molar-refractivity contribution in [3.8, 4) is 0 Å². The molecule has 1 saturated carbocycles. The summed E-state index contributed by atoms with van der Waals surface area (Å²) in [7, 11) is 0. The molecule has 1 aromatic rings. The second-order valence-corrected chi connectivity index (χ2v) is 3.91. The molecule has 15 heavy (non-hydrogen) atoms. The summed E-state index contributed by atoms with van der Waals surface area (Å²) in [6.45, 7) is 1.91. The van der Waals surface area contributed by atoms with Gasteiger partial charge in [0.25, 0.3) is 0 Å². The van der Waals surface area contributed by atoms with Crippen molar-refractivity contribution in [1.82, 2.24) is 20.3 Å². The van der Waals surface area contributed by atoms with E-state index in [4.69, 9.17) is 5.73 Å². The molecule has 1 aliphatic carbocycles. The average Bonchev–Trinajstić information content (AvgIpc) is 2.61. The number of rotatable bonds is 3. The quantitative estimate of drug-likeness (QED) is 0.707. The zero-order valence-corrected chi connectivity index (χ0v) is 8.68. The summed E-state index contributed by atoms with van der Waals surface area (Å²) in [5.74, 6) is -0.0649. The van der Waals surface area contributed by atoms with Gasteiger partial charge in [-0.15, -0.1) is 5.10 Å². The summed E-state index contributed by atoms with van der Waals surface area (Å²) in [6, 6.07) is 0.476. The number of hydrogen-bond donors (Lipinski definition) is 2. The Balaban J connectivity index is 1.95. The molecule has 0 aliphatic heterocycles. The summed E-state index contributed by atoms with van der Waals surface area (Å²) in [4.78, 5) is 10.7. The predicted octanol–water partition coefficient (Wildman–Crippen LogP) is -0.424. The van der Waals surface area contributed by atoms with Crippen LogP contribution < -0.4 is 11.1 Å². The Morgan fingerprint density at radius 2 is 2.53 bits per heavy atom. The van der Waals surface area contributed by atoms with Crippen molar-refractivity contribution >= 4 is 5.91 Å². The fourth-order valence-electron chi connectivity index (χ4n) is 1.61. The van der Waals surface area contributed by atoms with E-state index in [9.17, 15) is 4.79 Å². The fraction of sp³-hybridized carbons (Fsp3) is 0.667. The van der Waals surface area contributed by atoms with E-state index < -0.39 is 0 Å². The van der Waals surface area contributed by atoms with Gasteiger partial charge in [0, 0.05) is 13.0 Å². The Hall–Kier alpha value is -1.43. The van der Waals surface area contributed by atoms with E-state index in [1.165, 1.54) is 6.92 Å². The number of aromatic nitrogens is 3. The van der Waals surface area contributed by atoms with Crippen molar-refractivity contribution in [2.75, 3.05) is 0 Å². The molecule has 0 aromatic carbocycles. The molecule has 6 nitrogen and oxygen atoms in total. The number of nitrogens with zero attached hydrogens (tertiary/aromatic N) is 3. The van der Waals surface area contributed by atoms with Crippen LogP contribution in [0, 0.1) is 0 Å². The molecule has 2 atom stereocenters. The number of amides is 1. The molecule has 82 valence electrons. The van der Waals surface area contributed by atoms with Gasteiger partial charge in [0.1, 0.15) is 5.69 Å². The molecule has 0 spiro atoms. The highest BCUT2D eigenvalue weighted by molar-refractivity contribution is 5.72. The highest BCUT2D eigenvalue weighted by Gasteiger charge is 2.29. The Labute approximate surface area is 87.8 Å². The third-order valence-electron chi connectivity index (χ3n) is 2.71. The van der Waals surface area contributed by atoms with E-state index in [0.717, 1.165) is 18.5 Å². The Morgan fingerprint density at radius 3 is 3.07 bits per heavy atom. The lowest BCUT2D eigenvalue weighted by Gasteiger charge is -2.32. The third-order valence-corrected chi connectivity index (χ3v) is 2.71. The lowest BCUT2D eigenvalue weighted by Crippen LogP contribution is -2.41. The monoisotopic (exact) mass is 209 g/mol. The van der Waals surface area contributed by atoms with Crippen LogP contribution in [0.4, 0.5) is 0 Å². The number of carbonyl (C=O) groups excluding carboxylic acids is 1. The molecular weight excluding hydrogens is 194 g/mol. The number of nitrogens with one attached hydrogen (secondary N) is 1. The van der Waals surface area contributed by atoms with Crippen LogP contribution in [0.5, 0.6) is 0 Å². The molecule has 2 unspecified atom stereocenters. The molecule has 0 saturated heterocycles. The summed E-state index contributed by atoms with van der Waals surface area (Å²) in [5, 5.41) is 10.6. The number of carbonyl (C=O) groups is 1. The van der Waals surface area contributed by atoms with Gasteiger partial charge in [-0.05, 0) is 12.8 Å². The number of nitrogens with two attached hydrogens (primary N) is 1. The molecule has 1 heterocycles. The summed E-state index contributed by atoms with van der Waals surface area (Å²) < 4.78 is 1.80. The lowest BCUT2D eigenvalue weighted by atomic mass is 9.87. The first-order valence-corrected chi connectivity index (χ1v) is 5.07. The van der Waals surface area contributed by atoms with E-state index in [2.05, 4.69) is 15.6 Å². The van der Waals surface area contributed by atoms with Gasteiger partial charge in [0.15, 0.2) is 0 Å². The fourth-order valence-corrected chi connectivity index (χ4v) is 1.61. The minimum Gasteiger partial charge on any atom is -0.351 e. The molecule has 6 heteroatoms. The minimum atomic E-state index is -0.0649. The Bertz CT molecular complexity index is 361. The minimum absolute atomic E-state index is 0.0649. The van der Waals surface area contributed by atoms with Gasteiger partial charge in [-0.25, -0.2) is 4.68 Å². The molecular formula is C9H15N5O. The maximum atomic E-state index is 10.7. The zero-order chi connectivity index (χ0) is 10.8. The maximum absolute atomic E-state index is 10.7. The smallest absolute Gasteiger partial charge is 0.217 e. The van der Waals surface area contributed by atoms with Crippen LogP contribution in [0.3, 0.4) is 0 Å². The van der Waals surface area contributed by atoms with Crippen LogP contribution in [-0.4, -0.2) is 26.9 Å². The molecule has 2 rings (SSSR count). The van der Waals surface area contributed by atoms with Crippen molar-refractivity contribution < 1.29 is 4.79 Å². The highest BCUT2D eigenvalue weighted by Crippen LogP contribution is 2.29. The van der Waals surface area contributed by atoms with Crippen molar-refractivity contribution in [2.24, 2.45) is 5.73 Å². The van der Waals surface area contributed by atoms with Gasteiger partial charge in [0.05, 0.1) is 18.8 Å². The van der Waals surface area contributed by atoms with Gasteiger partial charge in [0.2, 0.25) is 5.91 Å². The Morgan fingerprint density at radius 1 is 1.73 bits per heavy atom. The topological polar surface area (TPSA) is 85.8 Å². The first kappa shape index (κ1) is 10.1. The van der Waals surface area contributed by atoms with Crippen molar-refractivity contribution in [3.63, 3.8) is 0 Å². The van der Waals surface area contributed by atoms with Crippen LogP contribution in [-0.2, 0) is 11.3 Å². The molecule has 3 N–H and O–H groups in total. The second kappa shape index (κ2) is 3.98. The first-order chi connectivity index (χ1) is 7.16. The standard InChI is InChI=1S/C9H15N5O/c1-6(15)11-4-7-5-14(13-12-7)9-3-2-8(9)10/h5,8-9H,2-4,10H2,1H3,(H,11,15).